The fourth-order valence-corrected chi connectivity index (χ4v) is 0. The summed E-state index contributed by atoms with van der Waals surface area (Å²) in [7, 11) is 0. The molecule has 0 amide bonds. The van der Waals surface area contributed by atoms with Crippen molar-refractivity contribution in [1.82, 2.24) is 0 Å². The predicted molar refractivity (Wildman–Crippen MR) is 45.6 cm³/mol. The SMILES string of the molecule is C=CCC.CC=C(C)C. The molecule has 0 aromatic carbocycles. The minimum absolute atomic E-state index is 1.08. The smallest absolute Gasteiger partial charge is 0.0382 e. The molecule has 0 nitrogen and oxygen atoms in total. The van der Waals surface area contributed by atoms with Gasteiger partial charge in [-0.3, -0.25) is 0 Å². The van der Waals surface area contributed by atoms with Gasteiger partial charge < -0.3 is 0 Å². The van der Waals surface area contributed by atoms with Crippen molar-refractivity contribution >= 4 is 0 Å². The molecule has 9 heavy (non-hydrogen) atoms. The van der Waals surface area contributed by atoms with Gasteiger partial charge in [0.15, 0.2) is 0 Å². The molecule has 0 atom stereocenters. The molecule has 0 saturated carbocycles. The Balaban J connectivity index is 0. The lowest BCUT2D eigenvalue weighted by Crippen LogP contribution is -1.52. The van der Waals surface area contributed by atoms with Crippen LogP contribution in [0.1, 0.15) is 34.1 Å². The van der Waals surface area contributed by atoms with Gasteiger partial charge in [0, 0.05) is 0 Å². The van der Waals surface area contributed by atoms with Gasteiger partial charge in [0.05, 0.1) is 0 Å². The molecule has 0 spiro atoms. The van der Waals surface area contributed by atoms with Gasteiger partial charge in [0.1, 0.15) is 0 Å². The summed E-state index contributed by atoms with van der Waals surface area (Å²) >= 11 is 0. The quantitative estimate of drug-likeness (QED) is 0.471. The van der Waals surface area contributed by atoms with Gasteiger partial charge in [-0.25, -0.2) is 0 Å². The Hall–Kier alpha value is -0.520. The topological polar surface area (TPSA) is 0 Å². The second-order valence-electron chi connectivity index (χ2n) is 2.06. The third-order valence-corrected chi connectivity index (χ3v) is 0.866. The zero-order valence-electron chi connectivity index (χ0n) is 7.07. The van der Waals surface area contributed by atoms with Crippen LogP contribution < -0.4 is 0 Å². The standard InChI is InChI=1S/C5H10.C4H8/c1-4-5(2)3;1-3-4-2/h4H,1-3H3;3H,1,4H2,2H3. The highest BCUT2D eigenvalue weighted by Crippen LogP contribution is 1.82. The highest BCUT2D eigenvalue weighted by Gasteiger charge is 1.60. The average molecular weight is 126 g/mol. The molecule has 0 aliphatic carbocycles. The maximum atomic E-state index is 3.48. The summed E-state index contributed by atoms with van der Waals surface area (Å²) in [6.45, 7) is 11.7. The van der Waals surface area contributed by atoms with Crippen LogP contribution in [0.5, 0.6) is 0 Å². The average Bonchev–Trinajstić information content (AvgIpc) is 1.89. The molecule has 0 aromatic heterocycles. The lowest BCUT2D eigenvalue weighted by molar-refractivity contribution is 1.23. The molecule has 0 aromatic rings. The molecule has 0 heterocycles. The highest BCUT2D eigenvalue weighted by atomic mass is 13.7. The van der Waals surface area contributed by atoms with Gasteiger partial charge in [-0.2, -0.15) is 0 Å². The molecule has 0 aliphatic heterocycles. The number of hydrogen-bond acceptors (Lipinski definition) is 0. The van der Waals surface area contributed by atoms with E-state index in [-0.39, 0.29) is 0 Å². The first-order valence-corrected chi connectivity index (χ1v) is 3.39. The van der Waals surface area contributed by atoms with Crippen molar-refractivity contribution in [3.63, 3.8) is 0 Å². The fourth-order valence-electron chi connectivity index (χ4n) is 0. The third kappa shape index (κ3) is 36.5. The van der Waals surface area contributed by atoms with E-state index in [0.29, 0.717) is 0 Å². The van der Waals surface area contributed by atoms with Crippen LogP contribution in [0.3, 0.4) is 0 Å². The van der Waals surface area contributed by atoms with Gasteiger partial charge in [0.25, 0.3) is 0 Å². The Bertz CT molecular complexity index is 74.0. The summed E-state index contributed by atoms with van der Waals surface area (Å²) in [5, 5.41) is 0. The summed E-state index contributed by atoms with van der Waals surface area (Å²) in [6.07, 6.45) is 5.04. The molecule has 0 bridgehead atoms. The molecule has 0 radical (unpaired) electrons. The Morgan fingerprint density at radius 3 is 1.67 bits per heavy atom. The minimum atomic E-state index is 1.08. The van der Waals surface area contributed by atoms with E-state index in [1.165, 1.54) is 5.57 Å². The lowest BCUT2D eigenvalue weighted by atomic mass is 10.3. The van der Waals surface area contributed by atoms with Crippen LogP contribution in [0.4, 0.5) is 0 Å². The van der Waals surface area contributed by atoms with Crippen LogP contribution in [-0.4, -0.2) is 0 Å². The molecular formula is C9H18. The number of allylic oxidation sites excluding steroid dienone is 3. The zero-order valence-corrected chi connectivity index (χ0v) is 7.07. The Kier molecular flexibility index (Phi) is 13.1. The van der Waals surface area contributed by atoms with E-state index >= 15 is 0 Å². The summed E-state index contributed by atoms with van der Waals surface area (Å²) < 4.78 is 0. The first-order chi connectivity index (χ1) is 4.18. The van der Waals surface area contributed by atoms with Gasteiger partial charge in [-0.1, -0.05) is 24.6 Å². The molecule has 0 fully saturated rings. The van der Waals surface area contributed by atoms with E-state index in [9.17, 15) is 0 Å². The zero-order chi connectivity index (χ0) is 7.70. The molecule has 0 saturated heterocycles. The molecule has 0 N–H and O–H groups in total. The first-order valence-electron chi connectivity index (χ1n) is 3.39. The highest BCUT2D eigenvalue weighted by molar-refractivity contribution is 4.88. The summed E-state index contributed by atoms with van der Waals surface area (Å²) in [5.41, 5.74) is 1.38. The van der Waals surface area contributed by atoms with Crippen LogP contribution in [0.25, 0.3) is 0 Å². The molecule has 0 rings (SSSR count). The van der Waals surface area contributed by atoms with Crippen molar-refractivity contribution in [2.75, 3.05) is 0 Å². The summed E-state index contributed by atoms with van der Waals surface area (Å²) in [5.74, 6) is 0. The Morgan fingerprint density at radius 1 is 1.44 bits per heavy atom. The van der Waals surface area contributed by atoms with Crippen molar-refractivity contribution < 1.29 is 0 Å². The Labute approximate surface area is 59.3 Å². The largest absolute Gasteiger partial charge is 0.103 e. The van der Waals surface area contributed by atoms with E-state index in [0.717, 1.165) is 6.42 Å². The van der Waals surface area contributed by atoms with Crippen LogP contribution in [0.15, 0.2) is 24.3 Å². The minimum Gasteiger partial charge on any atom is -0.103 e. The molecular weight excluding hydrogens is 108 g/mol. The maximum absolute atomic E-state index is 3.48. The van der Waals surface area contributed by atoms with E-state index in [1.54, 1.807) is 0 Å². The summed E-state index contributed by atoms with van der Waals surface area (Å²) in [6, 6.07) is 0. The maximum Gasteiger partial charge on any atom is -0.0382 e. The number of hydrogen-bond donors (Lipinski definition) is 0. The van der Waals surface area contributed by atoms with E-state index in [2.05, 4.69) is 33.4 Å². The third-order valence-electron chi connectivity index (χ3n) is 0.866. The van der Waals surface area contributed by atoms with Gasteiger partial charge in [-0.05, 0) is 27.2 Å². The van der Waals surface area contributed by atoms with Crippen LogP contribution in [0.2, 0.25) is 0 Å². The fraction of sp³-hybridized carbons (Fsp3) is 0.556. The van der Waals surface area contributed by atoms with Gasteiger partial charge in [-0.15, -0.1) is 6.58 Å². The van der Waals surface area contributed by atoms with Crippen molar-refractivity contribution in [2.24, 2.45) is 0 Å². The van der Waals surface area contributed by atoms with Gasteiger partial charge >= 0.3 is 0 Å². The second-order valence-corrected chi connectivity index (χ2v) is 2.06. The molecule has 0 unspecified atom stereocenters. The van der Waals surface area contributed by atoms with Crippen LogP contribution in [0, 0.1) is 0 Å². The van der Waals surface area contributed by atoms with E-state index < -0.39 is 0 Å². The van der Waals surface area contributed by atoms with E-state index in [1.807, 2.05) is 13.0 Å². The van der Waals surface area contributed by atoms with Crippen LogP contribution in [-0.2, 0) is 0 Å². The monoisotopic (exact) mass is 126 g/mol. The molecule has 0 aliphatic rings. The van der Waals surface area contributed by atoms with Crippen molar-refractivity contribution in [1.29, 1.82) is 0 Å². The van der Waals surface area contributed by atoms with Crippen molar-refractivity contribution in [3.05, 3.63) is 24.3 Å². The predicted octanol–water partition coefficient (Wildman–Crippen LogP) is 3.55. The number of rotatable bonds is 1. The van der Waals surface area contributed by atoms with E-state index in [4.69, 9.17) is 0 Å². The summed E-state index contributed by atoms with van der Waals surface area (Å²) in [4.78, 5) is 0. The second kappa shape index (κ2) is 10.5. The lowest BCUT2D eigenvalue weighted by Gasteiger charge is -1.74. The van der Waals surface area contributed by atoms with Crippen molar-refractivity contribution in [3.8, 4) is 0 Å². The Morgan fingerprint density at radius 2 is 1.67 bits per heavy atom. The molecule has 54 valence electrons. The van der Waals surface area contributed by atoms with Crippen LogP contribution >= 0.6 is 0 Å². The van der Waals surface area contributed by atoms with Crippen molar-refractivity contribution in [2.45, 2.75) is 34.1 Å². The first kappa shape index (κ1) is 11.3. The molecule has 0 heteroatoms. The normalized spacial score (nSPS) is 6.67. The van der Waals surface area contributed by atoms with Gasteiger partial charge in [0.2, 0.25) is 0 Å².